The number of hydrogen-bond acceptors (Lipinski definition) is 12. The zero-order valence-corrected chi connectivity index (χ0v) is 63.8. The van der Waals surface area contributed by atoms with E-state index in [1.54, 1.807) is 42.7 Å². The first-order valence-corrected chi connectivity index (χ1v) is 37.5. The van der Waals surface area contributed by atoms with Crippen LogP contribution in [0.1, 0.15) is 112 Å². The van der Waals surface area contributed by atoms with E-state index in [0.29, 0.717) is 61.4 Å². The van der Waals surface area contributed by atoms with E-state index in [1.165, 1.54) is 6.07 Å². The van der Waals surface area contributed by atoms with E-state index < -0.39 is 24.3 Å². The van der Waals surface area contributed by atoms with Gasteiger partial charge in [-0.15, -0.1) is 0 Å². The molecule has 2 fully saturated rings. The summed E-state index contributed by atoms with van der Waals surface area (Å²) in [6, 6.07) is 71.5. The Morgan fingerprint density at radius 3 is 1.23 bits per heavy atom. The van der Waals surface area contributed by atoms with Gasteiger partial charge >= 0.3 is 13.2 Å². The van der Waals surface area contributed by atoms with Crippen molar-refractivity contribution in [1.29, 1.82) is 0 Å². The van der Waals surface area contributed by atoms with Crippen molar-refractivity contribution in [2.24, 2.45) is 0 Å². The number of ether oxygens (including phenoxy) is 2. The zero-order valence-electron chi connectivity index (χ0n) is 62.2. The highest BCUT2D eigenvalue weighted by molar-refractivity contribution is 9.10. The number of alkyl halides is 4. The van der Waals surface area contributed by atoms with Crippen LogP contribution in [0.25, 0.3) is 55.5 Å². The van der Waals surface area contributed by atoms with Crippen molar-refractivity contribution in [2.45, 2.75) is 108 Å². The van der Waals surface area contributed by atoms with Crippen LogP contribution in [0.15, 0.2) is 248 Å². The summed E-state index contributed by atoms with van der Waals surface area (Å²) in [4.78, 5) is 52.0. The Morgan fingerprint density at radius 2 is 0.855 bits per heavy atom. The number of aromatic nitrogens is 10. The summed E-state index contributed by atoms with van der Waals surface area (Å²) in [5.41, 5.74) is 10.3. The van der Waals surface area contributed by atoms with Crippen molar-refractivity contribution >= 4 is 71.9 Å². The molecule has 16 rings (SSSR count). The molecule has 18 nitrogen and oxygen atoms in total. The first-order chi connectivity index (χ1) is 53.1. The first-order valence-electron chi connectivity index (χ1n) is 36.7. The van der Waals surface area contributed by atoms with Gasteiger partial charge in [0, 0.05) is 47.3 Å². The number of aryl methyl sites for hydroxylation is 3. The van der Waals surface area contributed by atoms with Crippen molar-refractivity contribution in [2.75, 3.05) is 41.3 Å². The minimum Gasteiger partial charge on any atom is -0.435 e. The van der Waals surface area contributed by atoms with Crippen LogP contribution >= 0.6 is 15.9 Å². The molecule has 0 atom stereocenters. The molecule has 562 valence electrons. The van der Waals surface area contributed by atoms with Gasteiger partial charge in [-0.1, -0.05) is 182 Å². The Labute approximate surface area is 643 Å². The molecule has 6 aromatic heterocycles. The average Bonchev–Trinajstić information content (AvgIpc) is 1.47. The summed E-state index contributed by atoms with van der Waals surface area (Å²) in [5, 5.41) is 17.3. The highest BCUT2D eigenvalue weighted by Crippen LogP contribution is 2.47. The molecule has 0 unspecified atom stereocenters. The zero-order chi connectivity index (χ0) is 76.9. The molecule has 0 spiro atoms. The Kier molecular flexibility index (Phi) is 22.0. The van der Waals surface area contributed by atoms with Crippen LogP contribution in [-0.4, -0.2) is 136 Å². The van der Waals surface area contributed by atoms with Crippen LogP contribution < -0.4 is 20.1 Å². The van der Waals surface area contributed by atoms with E-state index in [9.17, 15) is 27.2 Å². The molecule has 6 heterocycles. The molecular weight excluding hydrogens is 1460 g/mol. The molecule has 0 radical (unpaired) electrons. The lowest BCUT2D eigenvalue weighted by Crippen LogP contribution is -2.38. The summed E-state index contributed by atoms with van der Waals surface area (Å²) < 4.78 is 68.9. The standard InChI is InChI=1S/C43H41F2N7O2.C30H25BrN4O.C14H19F2N3O/c1-42(22-23-42)48-40(53)34-28-51(43(29-14-7-4-8-15-29,30-16-9-5-10-17-30)31-18-11-6-12-19-31)39-38(34)47-35(27-46-39)37-33-26-32(54-41(44)45)20-21-36(33)52(49-37)25-13-24-50(2)3;1-29(17-18-29)34-28(36)24-20-35(27-26(24)33-25(31)19-32-27)30(21-11-5-2-6-12-21,22-13-7-3-8-14-22)23-15-9-4-10-16-23;1-10-12-9-11(20-14(15)16)5-6-13(12)19(17-10)8-4-7-18(2)3/h4-12,14-21,26-28,41H,13,22-25H2,1-3H3,(H,48,53);2-16,19-20H,17-18H2,1H3,(H,34,36);5-6,9,14H,4,7-8H2,1-3H3. The maximum Gasteiger partial charge on any atom is 0.387 e. The van der Waals surface area contributed by atoms with Gasteiger partial charge in [0.25, 0.3) is 11.8 Å². The molecule has 2 N–H and O–H groups in total. The number of amides is 2. The minimum absolute atomic E-state index is 0.0166. The van der Waals surface area contributed by atoms with E-state index in [-0.39, 0.29) is 34.4 Å². The topological polar surface area (TPSA) is 180 Å². The third-order valence-electron chi connectivity index (χ3n) is 20.4. The number of hydrogen-bond donors (Lipinski definition) is 2. The normalized spacial score (nSPS) is 13.7. The SMILES string of the molecule is CC1(NC(=O)c2cn(C(c3ccccc3)(c3ccccc3)c3ccccc3)c3ncc(Br)nc23)CC1.CN(C)CCCn1nc(-c2cnc3c(n2)c(C(=O)NC2(C)CC2)cn3C(c2ccccc2)(c2ccccc2)c2ccccc2)c2cc(OC(F)F)ccc21.Cc1nn(CCCN(C)C)c2ccc(OC(F)F)cc12. The quantitative estimate of drug-likeness (QED) is 0.0409. The molecule has 0 saturated heterocycles. The predicted octanol–water partition coefficient (Wildman–Crippen LogP) is 17.3. The molecule has 2 saturated carbocycles. The number of nitrogens with zero attached hydrogens (tertiary/aromatic N) is 12. The molecule has 0 bridgehead atoms. The van der Waals surface area contributed by atoms with Crippen LogP contribution in [0, 0.1) is 6.92 Å². The average molecular weight is 1550 g/mol. The molecule has 2 aliphatic carbocycles. The van der Waals surface area contributed by atoms with Gasteiger partial charge in [-0.3, -0.25) is 19.0 Å². The Balaban J connectivity index is 0.000000154. The van der Waals surface area contributed by atoms with Crippen molar-refractivity contribution in [3.05, 3.63) is 298 Å². The second-order valence-corrected chi connectivity index (χ2v) is 29.9. The monoisotopic (exact) mass is 1540 g/mol. The molecular formula is C87H85BrF4N14O4. The van der Waals surface area contributed by atoms with E-state index >= 15 is 0 Å². The lowest BCUT2D eigenvalue weighted by atomic mass is 9.76. The Bertz CT molecular complexity index is 5350. The van der Waals surface area contributed by atoms with Crippen molar-refractivity contribution in [3.63, 3.8) is 0 Å². The second-order valence-electron chi connectivity index (χ2n) is 29.1. The highest BCUT2D eigenvalue weighted by atomic mass is 79.9. The van der Waals surface area contributed by atoms with Crippen LogP contribution in [0.2, 0.25) is 0 Å². The summed E-state index contributed by atoms with van der Waals surface area (Å²) in [6.45, 7) is 3.42. The van der Waals surface area contributed by atoms with Gasteiger partial charge in [0.1, 0.15) is 49.6 Å². The smallest absolute Gasteiger partial charge is 0.387 e. The van der Waals surface area contributed by atoms with Gasteiger partial charge in [-0.05, 0) is 186 Å². The number of benzene rings is 8. The molecule has 8 aromatic carbocycles. The summed E-state index contributed by atoms with van der Waals surface area (Å²) in [6.07, 6.45) is 12.7. The lowest BCUT2D eigenvalue weighted by molar-refractivity contribution is -0.0504. The maximum absolute atomic E-state index is 14.3. The fourth-order valence-electron chi connectivity index (χ4n) is 14.6. The number of nitrogens with one attached hydrogen (secondary N) is 2. The summed E-state index contributed by atoms with van der Waals surface area (Å²) >= 11 is 3.47. The second kappa shape index (κ2) is 32.0. The van der Waals surface area contributed by atoms with Gasteiger partial charge in [-0.2, -0.15) is 27.8 Å². The van der Waals surface area contributed by atoms with Gasteiger partial charge < -0.3 is 39.0 Å². The van der Waals surface area contributed by atoms with Crippen molar-refractivity contribution < 1.29 is 36.6 Å². The fraction of sp³-hybridized carbons (Fsp3) is 0.264. The third-order valence-corrected chi connectivity index (χ3v) is 20.8. The highest BCUT2D eigenvalue weighted by Gasteiger charge is 2.45. The van der Waals surface area contributed by atoms with Gasteiger partial charge in [0.05, 0.1) is 40.2 Å². The van der Waals surface area contributed by atoms with Gasteiger partial charge in [0.15, 0.2) is 11.3 Å². The van der Waals surface area contributed by atoms with E-state index in [0.717, 1.165) is 114 Å². The van der Waals surface area contributed by atoms with Crippen LogP contribution in [0.3, 0.4) is 0 Å². The third kappa shape index (κ3) is 15.8. The van der Waals surface area contributed by atoms with E-state index in [1.807, 2.05) is 173 Å². The number of fused-ring (bicyclic) bond motifs is 4. The largest absolute Gasteiger partial charge is 0.435 e. The van der Waals surface area contributed by atoms with Crippen molar-refractivity contribution in [1.82, 2.24) is 69.1 Å². The van der Waals surface area contributed by atoms with E-state index in [4.69, 9.17) is 29.8 Å². The molecule has 110 heavy (non-hydrogen) atoms. The maximum atomic E-state index is 14.3. The van der Waals surface area contributed by atoms with Gasteiger partial charge in [-0.25, -0.2) is 19.9 Å². The Hall–Kier alpha value is -11.4. The molecule has 23 heteroatoms. The molecule has 2 aliphatic rings. The molecule has 2 amide bonds. The van der Waals surface area contributed by atoms with Crippen LogP contribution in [0.5, 0.6) is 11.5 Å². The lowest BCUT2D eigenvalue weighted by Gasteiger charge is -2.38. The molecule has 0 aliphatic heterocycles. The fourth-order valence-corrected chi connectivity index (χ4v) is 14.8. The van der Waals surface area contributed by atoms with Crippen molar-refractivity contribution in [3.8, 4) is 22.9 Å². The summed E-state index contributed by atoms with van der Waals surface area (Å²) in [7, 11) is 8.08. The number of halogens is 5. The predicted molar refractivity (Wildman–Crippen MR) is 425 cm³/mol. The van der Waals surface area contributed by atoms with Crippen LogP contribution in [-0.2, 0) is 24.2 Å². The minimum atomic E-state index is -2.98. The van der Waals surface area contributed by atoms with E-state index in [2.05, 4.69) is 135 Å². The Morgan fingerprint density at radius 1 is 0.500 bits per heavy atom. The van der Waals surface area contributed by atoms with Crippen LogP contribution in [0.4, 0.5) is 17.6 Å². The van der Waals surface area contributed by atoms with Gasteiger partial charge in [0.2, 0.25) is 0 Å². The first kappa shape index (κ1) is 75.4. The number of carbonyl (C=O) groups is 2. The summed E-state index contributed by atoms with van der Waals surface area (Å²) in [5.74, 6) is -0.194. The number of rotatable bonds is 25. The molecule has 14 aromatic rings. The number of carbonyl (C=O) groups excluding carboxylic acids is 2.